The van der Waals surface area contributed by atoms with E-state index in [1.165, 1.54) is 7.11 Å². The molecule has 0 spiro atoms. The predicted octanol–water partition coefficient (Wildman–Crippen LogP) is 2.85. The molecular weight excluding hydrogens is 280 g/mol. The number of methoxy groups -OCH3 is 1. The van der Waals surface area contributed by atoms with E-state index >= 15 is 0 Å². The van der Waals surface area contributed by atoms with Crippen LogP contribution in [0.5, 0.6) is 11.5 Å². The van der Waals surface area contributed by atoms with Crippen LogP contribution in [0.15, 0.2) is 41.3 Å². The standard InChI is InChI=1S/C17H14N2O3/c1-3-22-16-15(21-2)13-14-11(8-9-18-13)10-6-4-5-7-12(10)19(14)17(16)20/h4-9H,3H2,1-2H3. The van der Waals surface area contributed by atoms with Crippen LogP contribution in [0.3, 0.4) is 0 Å². The Labute approximate surface area is 126 Å². The molecule has 0 N–H and O–H groups in total. The summed E-state index contributed by atoms with van der Waals surface area (Å²) >= 11 is 0. The van der Waals surface area contributed by atoms with Crippen LogP contribution < -0.4 is 15.0 Å². The molecule has 0 aliphatic carbocycles. The lowest BCUT2D eigenvalue weighted by atomic mass is 10.2. The molecule has 0 radical (unpaired) electrons. The largest absolute Gasteiger partial charge is 0.491 e. The van der Waals surface area contributed by atoms with E-state index in [4.69, 9.17) is 9.47 Å². The normalized spacial score (nSPS) is 11.5. The van der Waals surface area contributed by atoms with Crippen molar-refractivity contribution in [1.82, 2.24) is 9.38 Å². The zero-order chi connectivity index (χ0) is 15.3. The van der Waals surface area contributed by atoms with Crippen molar-refractivity contribution >= 4 is 27.3 Å². The van der Waals surface area contributed by atoms with Gasteiger partial charge in [0.1, 0.15) is 5.52 Å². The Morgan fingerprint density at radius 1 is 1.14 bits per heavy atom. The molecule has 22 heavy (non-hydrogen) atoms. The molecule has 0 aliphatic rings. The topological polar surface area (TPSA) is 52.8 Å². The molecule has 5 nitrogen and oxygen atoms in total. The second-order valence-corrected chi connectivity index (χ2v) is 5.01. The van der Waals surface area contributed by atoms with Crippen molar-refractivity contribution in [2.24, 2.45) is 0 Å². The van der Waals surface area contributed by atoms with E-state index in [-0.39, 0.29) is 11.3 Å². The van der Waals surface area contributed by atoms with Gasteiger partial charge in [-0.15, -0.1) is 0 Å². The number of fused-ring (bicyclic) bond motifs is 3. The maximum Gasteiger partial charge on any atom is 0.302 e. The lowest BCUT2D eigenvalue weighted by Crippen LogP contribution is -2.17. The van der Waals surface area contributed by atoms with Gasteiger partial charge in [-0.05, 0) is 19.1 Å². The first-order chi connectivity index (χ1) is 10.8. The van der Waals surface area contributed by atoms with E-state index in [1.54, 1.807) is 10.6 Å². The number of hydrogen-bond donors (Lipinski definition) is 0. The first kappa shape index (κ1) is 12.9. The SMILES string of the molecule is CCOc1c(OC)c2nccc3c4ccccc4n(c1=O)c23. The van der Waals surface area contributed by atoms with Crippen LogP contribution >= 0.6 is 0 Å². The number of pyridine rings is 2. The van der Waals surface area contributed by atoms with Gasteiger partial charge in [-0.1, -0.05) is 18.2 Å². The molecule has 0 fully saturated rings. The Morgan fingerprint density at radius 3 is 2.73 bits per heavy atom. The Bertz CT molecular complexity index is 1050. The molecule has 0 saturated heterocycles. The third kappa shape index (κ3) is 1.48. The summed E-state index contributed by atoms with van der Waals surface area (Å²) in [6.45, 7) is 2.23. The Balaban J connectivity index is 2.37. The molecule has 4 rings (SSSR count). The average Bonchev–Trinajstić information content (AvgIpc) is 2.89. The van der Waals surface area contributed by atoms with Gasteiger partial charge >= 0.3 is 5.56 Å². The quantitative estimate of drug-likeness (QED) is 0.583. The van der Waals surface area contributed by atoms with E-state index in [2.05, 4.69) is 4.98 Å². The van der Waals surface area contributed by atoms with Crippen LogP contribution in [0, 0.1) is 0 Å². The summed E-state index contributed by atoms with van der Waals surface area (Å²) in [7, 11) is 1.53. The number of benzene rings is 1. The second-order valence-electron chi connectivity index (χ2n) is 5.01. The van der Waals surface area contributed by atoms with Gasteiger partial charge in [0, 0.05) is 17.0 Å². The maximum atomic E-state index is 12.9. The van der Waals surface area contributed by atoms with Crippen LogP contribution in [0.1, 0.15) is 6.92 Å². The van der Waals surface area contributed by atoms with Gasteiger partial charge in [-0.2, -0.15) is 0 Å². The minimum absolute atomic E-state index is 0.207. The summed E-state index contributed by atoms with van der Waals surface area (Å²) in [5, 5.41) is 2.00. The first-order valence-corrected chi connectivity index (χ1v) is 7.12. The molecule has 3 heterocycles. The van der Waals surface area contributed by atoms with Crippen LogP contribution in [0.2, 0.25) is 0 Å². The lowest BCUT2D eigenvalue weighted by Gasteiger charge is -2.11. The number of hydrogen-bond acceptors (Lipinski definition) is 4. The van der Waals surface area contributed by atoms with Crippen LogP contribution in [0.4, 0.5) is 0 Å². The third-order valence-corrected chi connectivity index (χ3v) is 3.89. The molecular formula is C17H14N2O3. The van der Waals surface area contributed by atoms with E-state index < -0.39 is 0 Å². The number of nitrogens with zero attached hydrogens (tertiary/aromatic N) is 2. The van der Waals surface area contributed by atoms with E-state index in [0.29, 0.717) is 17.9 Å². The molecule has 0 saturated carbocycles. The van der Waals surface area contributed by atoms with Crippen molar-refractivity contribution < 1.29 is 9.47 Å². The summed E-state index contributed by atoms with van der Waals surface area (Å²) in [4.78, 5) is 17.3. The zero-order valence-corrected chi connectivity index (χ0v) is 12.3. The van der Waals surface area contributed by atoms with Crippen molar-refractivity contribution in [3.63, 3.8) is 0 Å². The fourth-order valence-corrected chi connectivity index (χ4v) is 3.06. The Kier molecular flexibility index (Phi) is 2.69. The smallest absolute Gasteiger partial charge is 0.302 e. The van der Waals surface area contributed by atoms with Gasteiger partial charge in [0.25, 0.3) is 0 Å². The van der Waals surface area contributed by atoms with E-state index in [9.17, 15) is 4.79 Å². The van der Waals surface area contributed by atoms with Gasteiger partial charge in [-0.25, -0.2) is 0 Å². The zero-order valence-electron chi connectivity index (χ0n) is 12.3. The highest BCUT2D eigenvalue weighted by atomic mass is 16.5. The first-order valence-electron chi connectivity index (χ1n) is 7.12. The summed E-state index contributed by atoms with van der Waals surface area (Å²) in [5.41, 5.74) is 2.04. The highest BCUT2D eigenvalue weighted by Crippen LogP contribution is 2.37. The Hall–Kier alpha value is -2.82. The van der Waals surface area contributed by atoms with Crippen LogP contribution in [0.25, 0.3) is 27.3 Å². The number of para-hydroxylation sites is 1. The highest BCUT2D eigenvalue weighted by Gasteiger charge is 2.22. The number of aromatic nitrogens is 2. The van der Waals surface area contributed by atoms with Crippen molar-refractivity contribution in [3.8, 4) is 11.5 Å². The minimum Gasteiger partial charge on any atom is -0.491 e. The van der Waals surface area contributed by atoms with Gasteiger partial charge in [0.15, 0.2) is 5.75 Å². The van der Waals surface area contributed by atoms with Gasteiger partial charge in [0.2, 0.25) is 5.75 Å². The number of ether oxygens (including phenoxy) is 2. The molecule has 0 aliphatic heterocycles. The third-order valence-electron chi connectivity index (χ3n) is 3.89. The summed E-state index contributed by atoms with van der Waals surface area (Å²) in [6, 6.07) is 9.73. The van der Waals surface area contributed by atoms with Crippen molar-refractivity contribution in [3.05, 3.63) is 46.9 Å². The number of rotatable bonds is 3. The predicted molar refractivity (Wildman–Crippen MR) is 85.4 cm³/mol. The maximum absolute atomic E-state index is 12.9. The molecule has 0 unspecified atom stereocenters. The molecule has 110 valence electrons. The summed E-state index contributed by atoms with van der Waals surface area (Å²) < 4.78 is 12.6. The van der Waals surface area contributed by atoms with Crippen LogP contribution in [-0.4, -0.2) is 23.1 Å². The summed E-state index contributed by atoms with van der Waals surface area (Å²) in [5.74, 6) is 0.603. The molecule has 1 aromatic carbocycles. The van der Waals surface area contributed by atoms with E-state index in [1.807, 2.05) is 37.3 Å². The second kappa shape index (κ2) is 4.59. The Morgan fingerprint density at radius 2 is 1.95 bits per heavy atom. The van der Waals surface area contributed by atoms with E-state index in [0.717, 1.165) is 21.8 Å². The van der Waals surface area contributed by atoms with Gasteiger partial charge < -0.3 is 9.47 Å². The molecule has 5 heteroatoms. The monoisotopic (exact) mass is 294 g/mol. The molecule has 3 aromatic heterocycles. The molecule has 0 atom stereocenters. The highest BCUT2D eigenvalue weighted by molar-refractivity contribution is 6.14. The molecule has 0 amide bonds. The average molecular weight is 294 g/mol. The van der Waals surface area contributed by atoms with Crippen LogP contribution in [-0.2, 0) is 0 Å². The lowest BCUT2D eigenvalue weighted by molar-refractivity contribution is 0.307. The molecule has 0 bridgehead atoms. The summed E-state index contributed by atoms with van der Waals surface area (Å²) in [6.07, 6.45) is 1.73. The molecule has 4 aromatic rings. The fourth-order valence-electron chi connectivity index (χ4n) is 3.06. The van der Waals surface area contributed by atoms with Crippen molar-refractivity contribution in [2.75, 3.05) is 13.7 Å². The van der Waals surface area contributed by atoms with Crippen molar-refractivity contribution in [2.45, 2.75) is 6.92 Å². The fraction of sp³-hybridized carbons (Fsp3) is 0.176. The van der Waals surface area contributed by atoms with Gasteiger partial charge in [-0.3, -0.25) is 14.2 Å². The van der Waals surface area contributed by atoms with Crippen molar-refractivity contribution in [1.29, 1.82) is 0 Å². The van der Waals surface area contributed by atoms with Gasteiger partial charge in [0.05, 0.1) is 24.8 Å². The minimum atomic E-state index is -0.217.